The Bertz CT molecular complexity index is 499. The molecule has 0 atom stereocenters. The summed E-state index contributed by atoms with van der Waals surface area (Å²) in [4.78, 5) is 11.8. The number of hydrogen-bond donors (Lipinski definition) is 1. The van der Waals surface area contributed by atoms with Crippen LogP contribution in [-0.2, 0) is 0 Å². The van der Waals surface area contributed by atoms with Crippen LogP contribution in [0, 0.1) is 5.82 Å². The van der Waals surface area contributed by atoms with Gasteiger partial charge in [-0.15, -0.1) is 0 Å². The smallest absolute Gasteiger partial charge is 0.251 e. The molecule has 0 aromatic heterocycles. The fraction of sp³-hybridized carbons (Fsp3) is 0.400. The highest BCUT2D eigenvalue weighted by molar-refractivity contribution is 9.10. The minimum atomic E-state index is -0.414. The van der Waals surface area contributed by atoms with Crippen molar-refractivity contribution in [2.45, 2.75) is 32.1 Å². The van der Waals surface area contributed by atoms with Crippen LogP contribution in [0.25, 0.3) is 0 Å². The Morgan fingerprint density at radius 2 is 2.21 bits per heavy atom. The monoisotopic (exact) mass is 325 g/mol. The second-order valence-corrected chi connectivity index (χ2v) is 5.60. The number of benzene rings is 1. The first-order chi connectivity index (χ1) is 9.16. The molecular formula is C15H17BrFNO. The van der Waals surface area contributed by atoms with Gasteiger partial charge in [0.15, 0.2) is 0 Å². The van der Waals surface area contributed by atoms with Crippen LogP contribution in [-0.4, -0.2) is 12.5 Å². The average Bonchev–Trinajstić information content (AvgIpc) is 2.43. The summed E-state index contributed by atoms with van der Waals surface area (Å²) in [5.74, 6) is -0.634. The van der Waals surface area contributed by atoms with Crippen LogP contribution in [0.4, 0.5) is 4.39 Å². The van der Waals surface area contributed by atoms with Crippen LogP contribution in [0.3, 0.4) is 0 Å². The van der Waals surface area contributed by atoms with Crippen molar-refractivity contribution in [3.8, 4) is 0 Å². The van der Waals surface area contributed by atoms with E-state index in [4.69, 9.17) is 0 Å². The molecule has 0 saturated heterocycles. The molecule has 0 bridgehead atoms. The number of carbonyl (C=O) groups is 1. The maximum Gasteiger partial charge on any atom is 0.251 e. The van der Waals surface area contributed by atoms with Crippen molar-refractivity contribution in [1.29, 1.82) is 0 Å². The fourth-order valence-corrected chi connectivity index (χ4v) is 2.45. The summed E-state index contributed by atoms with van der Waals surface area (Å²) in [6, 6.07) is 4.41. The van der Waals surface area contributed by atoms with Gasteiger partial charge in [-0.05, 0) is 66.2 Å². The predicted octanol–water partition coefficient (Wildman–Crippen LogP) is 4.21. The van der Waals surface area contributed by atoms with Gasteiger partial charge in [0.05, 0.1) is 4.47 Å². The van der Waals surface area contributed by atoms with Gasteiger partial charge in [-0.1, -0.05) is 11.6 Å². The third-order valence-corrected chi connectivity index (χ3v) is 3.94. The van der Waals surface area contributed by atoms with Gasteiger partial charge >= 0.3 is 0 Å². The molecule has 2 rings (SSSR count). The lowest BCUT2D eigenvalue weighted by molar-refractivity contribution is 0.0953. The molecule has 1 aliphatic rings. The molecule has 1 aromatic rings. The van der Waals surface area contributed by atoms with Gasteiger partial charge in [0.1, 0.15) is 5.82 Å². The van der Waals surface area contributed by atoms with E-state index in [1.54, 1.807) is 12.1 Å². The molecule has 1 amide bonds. The van der Waals surface area contributed by atoms with Gasteiger partial charge in [-0.2, -0.15) is 0 Å². The Labute approximate surface area is 121 Å². The van der Waals surface area contributed by atoms with E-state index in [9.17, 15) is 9.18 Å². The highest BCUT2D eigenvalue weighted by Crippen LogP contribution is 2.19. The lowest BCUT2D eigenvalue weighted by Crippen LogP contribution is -2.25. The van der Waals surface area contributed by atoms with E-state index in [0.29, 0.717) is 16.6 Å². The zero-order valence-electron chi connectivity index (χ0n) is 10.7. The molecule has 19 heavy (non-hydrogen) atoms. The normalized spacial score (nSPS) is 14.9. The first kappa shape index (κ1) is 14.3. The number of halogens is 2. The van der Waals surface area contributed by atoms with Crippen LogP contribution in [0.15, 0.2) is 34.3 Å². The van der Waals surface area contributed by atoms with Gasteiger partial charge in [-0.25, -0.2) is 4.39 Å². The van der Waals surface area contributed by atoms with Crippen molar-refractivity contribution in [1.82, 2.24) is 5.32 Å². The Kier molecular flexibility index (Phi) is 5.14. The number of allylic oxidation sites excluding steroid dienone is 1. The summed E-state index contributed by atoms with van der Waals surface area (Å²) in [7, 11) is 0. The first-order valence-electron chi connectivity index (χ1n) is 6.58. The molecule has 4 heteroatoms. The largest absolute Gasteiger partial charge is 0.352 e. The molecule has 0 unspecified atom stereocenters. The van der Waals surface area contributed by atoms with Crippen molar-refractivity contribution < 1.29 is 9.18 Å². The van der Waals surface area contributed by atoms with Crippen molar-refractivity contribution in [3.63, 3.8) is 0 Å². The molecular weight excluding hydrogens is 309 g/mol. The minimum absolute atomic E-state index is 0.220. The van der Waals surface area contributed by atoms with E-state index in [1.807, 2.05) is 0 Å². The average molecular weight is 326 g/mol. The molecule has 1 N–H and O–H groups in total. The van der Waals surface area contributed by atoms with Gasteiger partial charge in [0.25, 0.3) is 5.91 Å². The Hall–Kier alpha value is -1.16. The van der Waals surface area contributed by atoms with E-state index < -0.39 is 5.82 Å². The number of amides is 1. The summed E-state index contributed by atoms with van der Waals surface area (Å²) >= 11 is 3.07. The Morgan fingerprint density at radius 1 is 1.37 bits per heavy atom. The predicted molar refractivity (Wildman–Crippen MR) is 77.6 cm³/mol. The third-order valence-electron chi connectivity index (χ3n) is 3.30. The maximum absolute atomic E-state index is 13.3. The standard InChI is InChI=1S/C15H17BrFNO/c16-13-7-6-12(10-14(13)17)15(19)18-9-8-11-4-2-1-3-5-11/h4,6-7,10H,1-3,5,8-9H2,(H,18,19). The van der Waals surface area contributed by atoms with Crippen molar-refractivity contribution >= 4 is 21.8 Å². The number of rotatable bonds is 4. The second-order valence-electron chi connectivity index (χ2n) is 4.74. The molecule has 0 fully saturated rings. The summed E-state index contributed by atoms with van der Waals surface area (Å²) < 4.78 is 13.7. The highest BCUT2D eigenvalue weighted by Gasteiger charge is 2.09. The topological polar surface area (TPSA) is 29.1 Å². The van der Waals surface area contributed by atoms with E-state index in [1.165, 1.54) is 24.5 Å². The molecule has 1 aliphatic carbocycles. The Morgan fingerprint density at radius 3 is 2.89 bits per heavy atom. The van der Waals surface area contributed by atoms with Gasteiger partial charge in [0, 0.05) is 12.1 Å². The quantitative estimate of drug-likeness (QED) is 0.825. The lowest BCUT2D eigenvalue weighted by Gasteiger charge is -2.13. The van der Waals surface area contributed by atoms with Crippen molar-refractivity contribution in [3.05, 3.63) is 45.7 Å². The summed E-state index contributed by atoms with van der Waals surface area (Å²) in [6.07, 6.45) is 7.98. The SMILES string of the molecule is O=C(NCCC1=CCCCC1)c1ccc(Br)c(F)c1. The van der Waals surface area contributed by atoms with Crippen molar-refractivity contribution in [2.75, 3.05) is 6.54 Å². The molecule has 0 aliphatic heterocycles. The molecule has 0 heterocycles. The molecule has 2 nitrogen and oxygen atoms in total. The van der Waals surface area contributed by atoms with Crippen LogP contribution < -0.4 is 5.32 Å². The van der Waals surface area contributed by atoms with E-state index in [-0.39, 0.29) is 5.91 Å². The van der Waals surface area contributed by atoms with E-state index in [2.05, 4.69) is 27.3 Å². The molecule has 1 aromatic carbocycles. The van der Waals surface area contributed by atoms with Gasteiger partial charge in [-0.3, -0.25) is 4.79 Å². The highest BCUT2D eigenvalue weighted by atomic mass is 79.9. The van der Waals surface area contributed by atoms with Crippen LogP contribution in [0.2, 0.25) is 0 Å². The zero-order valence-corrected chi connectivity index (χ0v) is 12.3. The van der Waals surface area contributed by atoms with Crippen LogP contribution in [0.5, 0.6) is 0 Å². The number of nitrogens with one attached hydrogen (secondary N) is 1. The van der Waals surface area contributed by atoms with Crippen LogP contribution in [0.1, 0.15) is 42.5 Å². The molecule has 0 radical (unpaired) electrons. The van der Waals surface area contributed by atoms with Crippen molar-refractivity contribution in [2.24, 2.45) is 0 Å². The molecule has 0 spiro atoms. The minimum Gasteiger partial charge on any atom is -0.352 e. The zero-order chi connectivity index (χ0) is 13.7. The molecule has 0 saturated carbocycles. The second kappa shape index (κ2) is 6.85. The maximum atomic E-state index is 13.3. The van der Waals surface area contributed by atoms with E-state index >= 15 is 0 Å². The fourth-order valence-electron chi connectivity index (χ4n) is 2.21. The summed E-state index contributed by atoms with van der Waals surface area (Å²) in [5, 5.41) is 2.83. The third kappa shape index (κ3) is 4.16. The number of carbonyl (C=O) groups excluding carboxylic acids is 1. The number of hydrogen-bond acceptors (Lipinski definition) is 1. The van der Waals surface area contributed by atoms with Gasteiger partial charge in [0.2, 0.25) is 0 Å². The molecule has 102 valence electrons. The summed E-state index contributed by atoms with van der Waals surface area (Å²) in [6.45, 7) is 0.613. The summed E-state index contributed by atoms with van der Waals surface area (Å²) in [5.41, 5.74) is 1.78. The van der Waals surface area contributed by atoms with E-state index in [0.717, 1.165) is 19.3 Å². The van der Waals surface area contributed by atoms with Crippen LogP contribution >= 0.6 is 15.9 Å². The lowest BCUT2D eigenvalue weighted by atomic mass is 9.97. The van der Waals surface area contributed by atoms with Gasteiger partial charge < -0.3 is 5.32 Å². The first-order valence-corrected chi connectivity index (χ1v) is 7.37. The Balaban J connectivity index is 1.83.